The summed E-state index contributed by atoms with van der Waals surface area (Å²) in [5, 5.41) is 5.33. The fourth-order valence-corrected chi connectivity index (χ4v) is 6.45. The quantitative estimate of drug-likeness (QED) is 0.153. The Balaban J connectivity index is 1.69. The van der Waals surface area contributed by atoms with Crippen molar-refractivity contribution in [2.45, 2.75) is 75.0 Å². The fraction of sp³-hybridized carbons (Fsp3) is 0.353. The average molecular weight is 513 g/mol. The summed E-state index contributed by atoms with van der Waals surface area (Å²) in [6, 6.07) is 23.5. The highest BCUT2D eigenvalue weighted by Crippen LogP contribution is 2.34. The van der Waals surface area contributed by atoms with Gasteiger partial charge in [0.05, 0.1) is 0 Å². The second kappa shape index (κ2) is 12.4. The van der Waals surface area contributed by atoms with Gasteiger partial charge in [0.2, 0.25) is 0 Å². The van der Waals surface area contributed by atoms with E-state index in [2.05, 4.69) is 113 Å². The molecule has 188 valence electrons. The minimum absolute atomic E-state index is 0.612. The van der Waals surface area contributed by atoms with E-state index in [4.69, 9.17) is 0 Å². The lowest BCUT2D eigenvalue weighted by molar-refractivity contribution is 0.665. The van der Waals surface area contributed by atoms with Gasteiger partial charge >= 0.3 is 0 Å². The van der Waals surface area contributed by atoms with Crippen molar-refractivity contribution in [3.63, 3.8) is 0 Å². The van der Waals surface area contributed by atoms with E-state index in [0.717, 1.165) is 0 Å². The van der Waals surface area contributed by atoms with E-state index in [1.807, 2.05) is 23.5 Å². The minimum atomic E-state index is 0.612. The van der Waals surface area contributed by atoms with E-state index in [9.17, 15) is 0 Å². The molecule has 0 bridgehead atoms. The lowest BCUT2D eigenvalue weighted by Gasteiger charge is -2.14. The van der Waals surface area contributed by atoms with Gasteiger partial charge in [0.15, 0.2) is 0 Å². The van der Waals surface area contributed by atoms with E-state index in [1.165, 1.54) is 79.3 Å². The Bertz CT molecular complexity index is 1260. The van der Waals surface area contributed by atoms with E-state index in [1.54, 1.807) is 0 Å². The zero-order valence-corrected chi connectivity index (χ0v) is 24.4. The van der Waals surface area contributed by atoms with Gasteiger partial charge in [-0.1, -0.05) is 89.1 Å². The highest BCUT2D eigenvalue weighted by Gasteiger charge is 2.10. The molecule has 0 N–H and O–H groups in total. The molecular formula is C34H40S2. The Morgan fingerprint density at radius 1 is 0.583 bits per heavy atom. The maximum atomic E-state index is 2.40. The number of rotatable bonds is 10. The monoisotopic (exact) mass is 512 g/mol. The van der Waals surface area contributed by atoms with Crippen molar-refractivity contribution in [3.8, 4) is 0 Å². The van der Waals surface area contributed by atoms with Crippen molar-refractivity contribution < 1.29 is 0 Å². The van der Waals surface area contributed by atoms with Crippen LogP contribution in [0.1, 0.15) is 87.5 Å². The van der Waals surface area contributed by atoms with Crippen molar-refractivity contribution in [2.75, 3.05) is 12.5 Å². The van der Waals surface area contributed by atoms with Gasteiger partial charge in [-0.05, 0) is 105 Å². The molecule has 0 saturated heterocycles. The van der Waals surface area contributed by atoms with Crippen LogP contribution in [-0.4, -0.2) is 12.5 Å². The van der Waals surface area contributed by atoms with Gasteiger partial charge in [-0.2, -0.15) is 0 Å². The highest BCUT2D eigenvalue weighted by molar-refractivity contribution is 7.99. The summed E-state index contributed by atoms with van der Waals surface area (Å²) >= 11 is 3.67. The lowest BCUT2D eigenvalue weighted by Crippen LogP contribution is -1.93. The molecule has 0 saturated carbocycles. The van der Waals surface area contributed by atoms with Gasteiger partial charge < -0.3 is 0 Å². The van der Waals surface area contributed by atoms with Crippen LogP contribution >= 0.6 is 23.5 Å². The molecule has 4 rings (SSSR count). The summed E-state index contributed by atoms with van der Waals surface area (Å²) in [5.74, 6) is 1.22. The molecule has 0 radical (unpaired) electrons. The van der Waals surface area contributed by atoms with Crippen molar-refractivity contribution >= 4 is 57.2 Å². The normalized spacial score (nSPS) is 13.6. The maximum Gasteiger partial charge on any atom is 0.0148 e. The standard InChI is InChI=1S/C34H40S2/c1-7-9-23(3)25-11-13-27-19-29(33(35-5)21-31(27)17-25)15-16-30-20-28-14-12-26(24(4)10-8-2)18-32(28)22-34(30)36-6/h11-24H,7-10H2,1-6H3/b16-15+. The molecule has 0 heterocycles. The van der Waals surface area contributed by atoms with Crippen LogP contribution in [0.4, 0.5) is 0 Å². The van der Waals surface area contributed by atoms with Gasteiger partial charge in [-0.15, -0.1) is 23.5 Å². The predicted octanol–water partition coefficient (Wildman–Crippen LogP) is 11.4. The Hall–Kier alpha value is -2.16. The van der Waals surface area contributed by atoms with Crippen molar-refractivity contribution in [2.24, 2.45) is 0 Å². The van der Waals surface area contributed by atoms with Gasteiger partial charge in [-0.25, -0.2) is 0 Å². The number of thioether (sulfide) groups is 2. The molecule has 0 aliphatic carbocycles. The molecule has 2 atom stereocenters. The summed E-state index contributed by atoms with van der Waals surface area (Å²) in [6.45, 7) is 9.23. The van der Waals surface area contributed by atoms with Crippen LogP contribution in [0, 0.1) is 0 Å². The average Bonchev–Trinajstić information content (AvgIpc) is 2.90. The highest BCUT2D eigenvalue weighted by atomic mass is 32.2. The summed E-state index contributed by atoms with van der Waals surface area (Å²) < 4.78 is 0. The molecule has 2 unspecified atom stereocenters. The lowest BCUT2D eigenvalue weighted by atomic mass is 9.93. The van der Waals surface area contributed by atoms with Crippen LogP contribution in [0.5, 0.6) is 0 Å². The molecule has 36 heavy (non-hydrogen) atoms. The largest absolute Gasteiger partial charge is 0.129 e. The van der Waals surface area contributed by atoms with E-state index < -0.39 is 0 Å². The summed E-state index contributed by atoms with van der Waals surface area (Å²) in [4.78, 5) is 2.67. The van der Waals surface area contributed by atoms with E-state index in [-0.39, 0.29) is 0 Å². The molecule has 0 amide bonds. The summed E-state index contributed by atoms with van der Waals surface area (Å²) in [5.41, 5.74) is 5.49. The Labute approximate surface area is 227 Å². The number of hydrogen-bond acceptors (Lipinski definition) is 2. The molecule has 0 aliphatic heterocycles. The molecular weight excluding hydrogens is 473 g/mol. The van der Waals surface area contributed by atoms with Crippen molar-refractivity contribution in [1.82, 2.24) is 0 Å². The Morgan fingerprint density at radius 3 is 1.36 bits per heavy atom. The first-order chi connectivity index (χ1) is 17.5. The Morgan fingerprint density at radius 2 is 1.00 bits per heavy atom. The van der Waals surface area contributed by atoms with Crippen LogP contribution < -0.4 is 0 Å². The molecule has 0 fully saturated rings. The van der Waals surface area contributed by atoms with Gasteiger partial charge in [0, 0.05) is 9.79 Å². The molecule has 0 aromatic heterocycles. The number of hydrogen-bond donors (Lipinski definition) is 0. The van der Waals surface area contributed by atoms with Gasteiger partial charge in [-0.3, -0.25) is 0 Å². The first kappa shape index (κ1) is 26.9. The molecule has 0 aliphatic rings. The number of fused-ring (bicyclic) bond motifs is 2. The third-order valence-electron chi connectivity index (χ3n) is 7.45. The molecule has 4 aromatic rings. The third kappa shape index (κ3) is 6.03. The van der Waals surface area contributed by atoms with Gasteiger partial charge in [0.1, 0.15) is 0 Å². The summed E-state index contributed by atoms with van der Waals surface area (Å²) in [7, 11) is 0. The fourth-order valence-electron chi connectivity index (χ4n) is 5.23. The molecule has 2 heteroatoms. The first-order valence-electron chi connectivity index (χ1n) is 13.4. The second-order valence-electron chi connectivity index (χ2n) is 10.1. The number of benzene rings is 4. The minimum Gasteiger partial charge on any atom is -0.129 e. The molecule has 0 nitrogen and oxygen atoms in total. The van der Waals surface area contributed by atoms with Crippen LogP contribution in [-0.2, 0) is 0 Å². The molecule has 0 spiro atoms. The smallest absolute Gasteiger partial charge is 0.0148 e. The second-order valence-corrected chi connectivity index (χ2v) is 11.8. The predicted molar refractivity (Wildman–Crippen MR) is 167 cm³/mol. The topological polar surface area (TPSA) is 0 Å². The first-order valence-corrected chi connectivity index (χ1v) is 15.8. The third-order valence-corrected chi connectivity index (χ3v) is 9.04. The molecule has 4 aromatic carbocycles. The van der Waals surface area contributed by atoms with Crippen molar-refractivity contribution in [3.05, 3.63) is 82.9 Å². The van der Waals surface area contributed by atoms with Crippen molar-refractivity contribution in [1.29, 1.82) is 0 Å². The van der Waals surface area contributed by atoms with Crippen LogP contribution in [0.15, 0.2) is 70.5 Å². The van der Waals surface area contributed by atoms with Gasteiger partial charge in [0.25, 0.3) is 0 Å². The summed E-state index contributed by atoms with van der Waals surface area (Å²) in [6.07, 6.45) is 13.9. The van der Waals surface area contributed by atoms with Crippen LogP contribution in [0.2, 0.25) is 0 Å². The zero-order valence-electron chi connectivity index (χ0n) is 22.7. The van der Waals surface area contributed by atoms with E-state index in [0.29, 0.717) is 11.8 Å². The zero-order chi connectivity index (χ0) is 25.7. The van der Waals surface area contributed by atoms with E-state index >= 15 is 0 Å². The van der Waals surface area contributed by atoms with Crippen LogP contribution in [0.25, 0.3) is 33.7 Å². The maximum absolute atomic E-state index is 2.40. The van der Waals surface area contributed by atoms with Crippen LogP contribution in [0.3, 0.4) is 0 Å². The Kier molecular flexibility index (Phi) is 9.25. The SMILES string of the molecule is CCCC(C)c1ccc2cc(/C=C/c3cc4ccc(C(C)CCC)cc4cc3SC)c(SC)cc2c1.